The molecule has 0 bridgehead atoms. The maximum Gasteiger partial charge on any atom is 0.244 e. The maximum absolute atomic E-state index is 12.2. The summed E-state index contributed by atoms with van der Waals surface area (Å²) >= 11 is 6.00. The third-order valence-electron chi connectivity index (χ3n) is 3.72. The van der Waals surface area contributed by atoms with Crippen molar-refractivity contribution in [1.29, 1.82) is 0 Å². The number of methoxy groups -OCH3 is 1. The second kappa shape index (κ2) is 9.63. The highest BCUT2D eigenvalue weighted by atomic mass is 35.5. The van der Waals surface area contributed by atoms with E-state index in [0.717, 1.165) is 11.1 Å². The molecule has 0 aliphatic carbocycles. The number of carbonyl (C=O) groups excluding carboxylic acids is 2. The quantitative estimate of drug-likeness (QED) is 0.759. The van der Waals surface area contributed by atoms with Crippen molar-refractivity contribution in [3.05, 3.63) is 70.8 Å². The molecule has 26 heavy (non-hydrogen) atoms. The molecule has 5 nitrogen and oxygen atoms in total. The molecule has 2 rings (SSSR count). The van der Waals surface area contributed by atoms with Crippen molar-refractivity contribution in [3.63, 3.8) is 0 Å². The molecule has 1 N–H and O–H groups in total. The van der Waals surface area contributed by atoms with E-state index in [2.05, 4.69) is 5.32 Å². The Bertz CT molecular complexity index is 791. The number of carbonyl (C=O) groups is 2. The lowest BCUT2D eigenvalue weighted by Crippen LogP contribution is -2.37. The Morgan fingerprint density at radius 1 is 1.19 bits per heavy atom. The highest BCUT2D eigenvalue weighted by molar-refractivity contribution is 6.30. The summed E-state index contributed by atoms with van der Waals surface area (Å²) in [4.78, 5) is 25.6. The molecule has 2 aromatic carbocycles. The Labute approximate surface area is 158 Å². The van der Waals surface area contributed by atoms with Gasteiger partial charge in [-0.3, -0.25) is 9.59 Å². The summed E-state index contributed by atoms with van der Waals surface area (Å²) in [5, 5.41) is 3.16. The number of benzene rings is 2. The van der Waals surface area contributed by atoms with Crippen molar-refractivity contribution in [2.75, 3.05) is 20.7 Å². The fourth-order valence-corrected chi connectivity index (χ4v) is 2.50. The zero-order valence-electron chi connectivity index (χ0n) is 14.7. The van der Waals surface area contributed by atoms with Crippen LogP contribution < -0.4 is 10.1 Å². The highest BCUT2D eigenvalue weighted by Crippen LogP contribution is 2.23. The van der Waals surface area contributed by atoms with Gasteiger partial charge >= 0.3 is 0 Å². The molecule has 0 radical (unpaired) electrons. The molecule has 0 saturated carbocycles. The van der Waals surface area contributed by atoms with Crippen LogP contribution in [0.25, 0.3) is 6.08 Å². The van der Waals surface area contributed by atoms with Crippen molar-refractivity contribution >= 4 is 29.5 Å². The van der Waals surface area contributed by atoms with Gasteiger partial charge in [-0.15, -0.1) is 0 Å². The van der Waals surface area contributed by atoms with Crippen LogP contribution in [0.1, 0.15) is 11.1 Å². The monoisotopic (exact) mass is 372 g/mol. The Morgan fingerprint density at radius 3 is 2.62 bits per heavy atom. The average molecular weight is 373 g/mol. The lowest BCUT2D eigenvalue weighted by molar-refractivity contribution is -0.131. The Morgan fingerprint density at radius 2 is 1.92 bits per heavy atom. The van der Waals surface area contributed by atoms with E-state index in [4.69, 9.17) is 16.3 Å². The maximum atomic E-state index is 12.2. The molecule has 0 atom stereocenters. The Balaban J connectivity index is 1.86. The number of hydrogen-bond donors (Lipinski definition) is 1. The number of nitrogens with one attached hydrogen (secondary N) is 1. The molecule has 0 heterocycles. The van der Waals surface area contributed by atoms with Gasteiger partial charge in [0.25, 0.3) is 0 Å². The molecule has 0 aromatic heterocycles. The summed E-state index contributed by atoms with van der Waals surface area (Å²) in [5.74, 6) is 0.119. The molecule has 6 heteroatoms. The van der Waals surface area contributed by atoms with Crippen LogP contribution in [0.4, 0.5) is 0 Å². The summed E-state index contributed by atoms with van der Waals surface area (Å²) < 4.78 is 5.28. The lowest BCUT2D eigenvalue weighted by Gasteiger charge is -2.19. The van der Waals surface area contributed by atoms with E-state index in [9.17, 15) is 9.59 Å². The van der Waals surface area contributed by atoms with Gasteiger partial charge in [-0.2, -0.15) is 0 Å². The smallest absolute Gasteiger partial charge is 0.244 e. The van der Waals surface area contributed by atoms with Gasteiger partial charge in [-0.25, -0.2) is 0 Å². The Kier molecular flexibility index (Phi) is 7.24. The second-order valence-electron chi connectivity index (χ2n) is 5.67. The first-order chi connectivity index (χ1) is 12.5. The molecule has 0 aliphatic rings. The molecular weight excluding hydrogens is 352 g/mol. The summed E-state index contributed by atoms with van der Waals surface area (Å²) in [6, 6.07) is 14.7. The SMILES string of the molecule is COc1ccc(Cl)cc1CN(C)C(=O)CNC(=O)/C=C/c1ccccc1. The number of amides is 2. The third kappa shape index (κ3) is 5.93. The summed E-state index contributed by atoms with van der Waals surface area (Å²) in [6.45, 7) is 0.246. The molecule has 2 aromatic rings. The zero-order chi connectivity index (χ0) is 18.9. The van der Waals surface area contributed by atoms with Crippen LogP contribution in [-0.4, -0.2) is 37.4 Å². The van der Waals surface area contributed by atoms with Crippen molar-refractivity contribution < 1.29 is 14.3 Å². The number of hydrogen-bond acceptors (Lipinski definition) is 3. The number of rotatable bonds is 7. The van der Waals surface area contributed by atoms with Crippen LogP contribution in [0.5, 0.6) is 5.75 Å². The van der Waals surface area contributed by atoms with Gasteiger partial charge in [0.2, 0.25) is 11.8 Å². The molecule has 0 unspecified atom stereocenters. The number of nitrogens with zero attached hydrogens (tertiary/aromatic N) is 1. The zero-order valence-corrected chi connectivity index (χ0v) is 15.5. The number of likely N-dealkylation sites (N-methyl/N-ethyl adjacent to an activating group) is 1. The van der Waals surface area contributed by atoms with Crippen molar-refractivity contribution in [2.24, 2.45) is 0 Å². The minimum absolute atomic E-state index is 0.0860. The largest absolute Gasteiger partial charge is 0.496 e. The fraction of sp³-hybridized carbons (Fsp3) is 0.200. The van der Waals surface area contributed by atoms with E-state index >= 15 is 0 Å². The van der Waals surface area contributed by atoms with Gasteiger partial charge in [-0.05, 0) is 29.8 Å². The summed E-state index contributed by atoms with van der Waals surface area (Å²) in [6.07, 6.45) is 3.10. The highest BCUT2D eigenvalue weighted by Gasteiger charge is 2.13. The predicted octanol–water partition coefficient (Wildman–Crippen LogP) is 3.14. The van der Waals surface area contributed by atoms with Crippen LogP contribution in [0.2, 0.25) is 5.02 Å². The topological polar surface area (TPSA) is 58.6 Å². The molecule has 0 spiro atoms. The van der Waals surface area contributed by atoms with Gasteiger partial charge in [0.15, 0.2) is 0 Å². The second-order valence-corrected chi connectivity index (χ2v) is 6.10. The van der Waals surface area contributed by atoms with E-state index in [-0.39, 0.29) is 18.4 Å². The van der Waals surface area contributed by atoms with E-state index < -0.39 is 0 Å². The van der Waals surface area contributed by atoms with Crippen LogP contribution in [0.15, 0.2) is 54.6 Å². The Hall–Kier alpha value is -2.79. The van der Waals surface area contributed by atoms with Gasteiger partial charge in [0.1, 0.15) is 5.75 Å². The molecule has 0 saturated heterocycles. The fourth-order valence-electron chi connectivity index (χ4n) is 2.31. The van der Waals surface area contributed by atoms with Crippen LogP contribution in [0.3, 0.4) is 0 Å². The minimum Gasteiger partial charge on any atom is -0.496 e. The van der Waals surface area contributed by atoms with Gasteiger partial charge in [0.05, 0.1) is 13.7 Å². The first-order valence-corrected chi connectivity index (χ1v) is 8.44. The van der Waals surface area contributed by atoms with Crippen molar-refractivity contribution in [1.82, 2.24) is 10.2 Å². The van der Waals surface area contributed by atoms with Crippen molar-refractivity contribution in [2.45, 2.75) is 6.54 Å². The number of ether oxygens (including phenoxy) is 1. The average Bonchev–Trinajstić information content (AvgIpc) is 2.65. The number of halogens is 1. The molecule has 136 valence electrons. The molecule has 0 aliphatic heterocycles. The van der Waals surface area contributed by atoms with Crippen LogP contribution in [-0.2, 0) is 16.1 Å². The van der Waals surface area contributed by atoms with E-state index in [0.29, 0.717) is 17.3 Å². The normalized spacial score (nSPS) is 10.6. The standard InChI is InChI=1S/C20H21ClN2O3/c1-23(14-16-12-17(21)9-10-18(16)26-2)20(25)13-22-19(24)11-8-15-6-4-3-5-7-15/h3-12H,13-14H2,1-2H3,(H,22,24)/b11-8+. The summed E-state index contributed by atoms with van der Waals surface area (Å²) in [5.41, 5.74) is 1.71. The van der Waals surface area contributed by atoms with E-state index in [1.54, 1.807) is 38.4 Å². The van der Waals surface area contributed by atoms with Crippen LogP contribution >= 0.6 is 11.6 Å². The first kappa shape index (κ1) is 19.5. The summed E-state index contributed by atoms with van der Waals surface area (Å²) in [7, 11) is 3.22. The van der Waals surface area contributed by atoms with Crippen LogP contribution in [0, 0.1) is 0 Å². The molecule has 0 fully saturated rings. The van der Waals surface area contributed by atoms with Gasteiger partial charge in [0, 0.05) is 30.3 Å². The minimum atomic E-state index is -0.323. The third-order valence-corrected chi connectivity index (χ3v) is 3.95. The molecular formula is C20H21ClN2O3. The van der Waals surface area contributed by atoms with Gasteiger partial charge in [-0.1, -0.05) is 41.9 Å². The first-order valence-electron chi connectivity index (χ1n) is 8.07. The van der Waals surface area contributed by atoms with Gasteiger partial charge < -0.3 is 15.0 Å². The van der Waals surface area contributed by atoms with E-state index in [1.165, 1.54) is 11.0 Å². The van der Waals surface area contributed by atoms with Crippen molar-refractivity contribution in [3.8, 4) is 5.75 Å². The lowest BCUT2D eigenvalue weighted by atomic mass is 10.2. The molecule has 2 amide bonds. The predicted molar refractivity (Wildman–Crippen MR) is 103 cm³/mol. The van der Waals surface area contributed by atoms with E-state index in [1.807, 2.05) is 30.3 Å².